The van der Waals surface area contributed by atoms with Gasteiger partial charge in [-0.1, -0.05) is 30.3 Å². The summed E-state index contributed by atoms with van der Waals surface area (Å²) in [7, 11) is 0. The van der Waals surface area contributed by atoms with Crippen LogP contribution in [0, 0.1) is 5.92 Å². The molecule has 0 aliphatic carbocycles. The lowest BCUT2D eigenvalue weighted by molar-refractivity contribution is -0.183. The van der Waals surface area contributed by atoms with Crippen molar-refractivity contribution in [2.24, 2.45) is 11.7 Å². The van der Waals surface area contributed by atoms with Crippen LogP contribution in [-0.2, 0) is 13.2 Å². The summed E-state index contributed by atoms with van der Waals surface area (Å²) in [5, 5.41) is 0. The van der Waals surface area contributed by atoms with Gasteiger partial charge in [-0.2, -0.15) is 13.2 Å². The summed E-state index contributed by atoms with van der Waals surface area (Å²) in [6.07, 6.45) is -4.31. The van der Waals surface area contributed by atoms with Gasteiger partial charge in [0.05, 0.1) is 5.92 Å². The molecule has 3 rings (SSSR count). The topological polar surface area (TPSA) is 55.6 Å². The maximum atomic E-state index is 12.8. The SMILES string of the molecule is NCc1cc(C(=O)N2CCC(C(F)(F)F)CC2)ccc1OCc1ccccc1. The minimum atomic E-state index is -4.19. The number of alkyl halides is 3. The van der Waals surface area contributed by atoms with Crippen molar-refractivity contribution in [3.63, 3.8) is 0 Å². The molecule has 28 heavy (non-hydrogen) atoms. The second-order valence-electron chi connectivity index (χ2n) is 6.91. The molecule has 0 aromatic heterocycles. The van der Waals surface area contributed by atoms with E-state index in [4.69, 9.17) is 10.5 Å². The number of nitrogens with two attached hydrogens (primary N) is 1. The van der Waals surface area contributed by atoms with Crippen molar-refractivity contribution in [1.82, 2.24) is 4.90 Å². The van der Waals surface area contributed by atoms with Gasteiger partial charge in [-0.05, 0) is 36.6 Å². The van der Waals surface area contributed by atoms with E-state index in [0.717, 1.165) is 5.56 Å². The van der Waals surface area contributed by atoms with Crippen molar-refractivity contribution in [1.29, 1.82) is 0 Å². The molecular weight excluding hydrogens is 369 g/mol. The summed E-state index contributed by atoms with van der Waals surface area (Å²) in [6, 6.07) is 14.7. The van der Waals surface area contributed by atoms with E-state index < -0.39 is 12.1 Å². The van der Waals surface area contributed by atoms with Crippen molar-refractivity contribution in [3.8, 4) is 5.75 Å². The zero-order valence-electron chi connectivity index (χ0n) is 15.4. The second kappa shape index (κ2) is 8.65. The van der Waals surface area contributed by atoms with Crippen LogP contribution in [0.1, 0.15) is 34.3 Å². The fraction of sp³-hybridized carbons (Fsp3) is 0.381. The lowest BCUT2D eigenvalue weighted by Gasteiger charge is -2.33. The molecule has 0 bridgehead atoms. The van der Waals surface area contributed by atoms with E-state index in [0.29, 0.717) is 23.5 Å². The van der Waals surface area contributed by atoms with Gasteiger partial charge in [0.15, 0.2) is 0 Å². The standard InChI is InChI=1S/C21H23F3N2O2/c22-21(23,24)18-8-10-26(11-9-18)20(27)16-6-7-19(17(12-16)13-25)28-14-15-4-2-1-3-5-15/h1-7,12,18H,8-11,13-14,25H2. The smallest absolute Gasteiger partial charge is 0.391 e. The molecule has 0 unspecified atom stereocenters. The van der Waals surface area contributed by atoms with E-state index in [9.17, 15) is 18.0 Å². The number of hydrogen-bond acceptors (Lipinski definition) is 3. The first-order chi connectivity index (χ1) is 13.4. The van der Waals surface area contributed by atoms with Crippen LogP contribution in [0.2, 0.25) is 0 Å². The van der Waals surface area contributed by atoms with Gasteiger partial charge in [-0.3, -0.25) is 4.79 Å². The molecule has 1 fully saturated rings. The molecule has 2 N–H and O–H groups in total. The Morgan fingerprint density at radius 2 is 1.79 bits per heavy atom. The average Bonchev–Trinajstić information content (AvgIpc) is 2.72. The zero-order valence-corrected chi connectivity index (χ0v) is 15.4. The van der Waals surface area contributed by atoms with E-state index in [-0.39, 0.29) is 38.4 Å². The molecule has 2 aromatic rings. The van der Waals surface area contributed by atoms with Crippen molar-refractivity contribution in [2.45, 2.75) is 32.2 Å². The van der Waals surface area contributed by atoms with Gasteiger partial charge in [-0.25, -0.2) is 0 Å². The summed E-state index contributed by atoms with van der Waals surface area (Å²) >= 11 is 0. The highest BCUT2D eigenvalue weighted by Crippen LogP contribution is 2.34. The van der Waals surface area contributed by atoms with Crippen molar-refractivity contribution in [2.75, 3.05) is 13.1 Å². The Balaban J connectivity index is 1.65. The number of amides is 1. The molecular formula is C21H23F3N2O2. The third kappa shape index (κ3) is 4.84. The maximum Gasteiger partial charge on any atom is 0.391 e. The Morgan fingerprint density at radius 3 is 2.39 bits per heavy atom. The molecule has 150 valence electrons. The quantitative estimate of drug-likeness (QED) is 0.832. The van der Waals surface area contributed by atoms with Gasteiger partial charge in [-0.15, -0.1) is 0 Å². The molecule has 1 amide bonds. The Kier molecular flexibility index (Phi) is 6.24. The fourth-order valence-electron chi connectivity index (χ4n) is 3.34. The van der Waals surface area contributed by atoms with Crippen LogP contribution >= 0.6 is 0 Å². The largest absolute Gasteiger partial charge is 0.489 e. The van der Waals surface area contributed by atoms with Gasteiger partial charge in [0.2, 0.25) is 0 Å². The highest BCUT2D eigenvalue weighted by Gasteiger charge is 2.41. The van der Waals surface area contributed by atoms with Crippen LogP contribution in [0.3, 0.4) is 0 Å². The third-order valence-electron chi connectivity index (χ3n) is 5.01. The normalized spacial score (nSPS) is 15.5. The van der Waals surface area contributed by atoms with Crippen LogP contribution < -0.4 is 10.5 Å². The van der Waals surface area contributed by atoms with Crippen molar-refractivity contribution >= 4 is 5.91 Å². The number of halogens is 3. The van der Waals surface area contributed by atoms with Crippen LogP contribution in [0.4, 0.5) is 13.2 Å². The molecule has 0 saturated carbocycles. The van der Waals surface area contributed by atoms with Gasteiger partial charge in [0, 0.05) is 30.8 Å². The molecule has 1 saturated heterocycles. The molecule has 1 aliphatic rings. The predicted octanol–water partition coefficient (Wildman–Crippen LogP) is 4.14. The summed E-state index contributed by atoms with van der Waals surface area (Å²) in [6.45, 7) is 0.786. The number of likely N-dealkylation sites (tertiary alicyclic amines) is 1. The summed E-state index contributed by atoms with van der Waals surface area (Å²) in [5.41, 5.74) is 7.92. The number of ether oxygens (including phenoxy) is 1. The first-order valence-corrected chi connectivity index (χ1v) is 9.24. The van der Waals surface area contributed by atoms with Gasteiger partial charge < -0.3 is 15.4 Å². The number of piperidine rings is 1. The fourth-order valence-corrected chi connectivity index (χ4v) is 3.34. The van der Waals surface area contributed by atoms with Crippen molar-refractivity contribution < 1.29 is 22.7 Å². The zero-order chi connectivity index (χ0) is 20.1. The lowest BCUT2D eigenvalue weighted by atomic mass is 9.95. The van der Waals surface area contributed by atoms with E-state index in [1.165, 1.54) is 4.90 Å². The second-order valence-corrected chi connectivity index (χ2v) is 6.91. The van der Waals surface area contributed by atoms with Gasteiger partial charge in [0.25, 0.3) is 5.91 Å². The predicted molar refractivity (Wildman–Crippen MR) is 99.8 cm³/mol. The number of rotatable bonds is 5. The highest BCUT2D eigenvalue weighted by atomic mass is 19.4. The highest BCUT2D eigenvalue weighted by molar-refractivity contribution is 5.94. The van der Waals surface area contributed by atoms with Gasteiger partial charge in [0.1, 0.15) is 12.4 Å². The third-order valence-corrected chi connectivity index (χ3v) is 5.01. The monoisotopic (exact) mass is 392 g/mol. The molecule has 0 atom stereocenters. The minimum absolute atomic E-state index is 0.0583. The molecule has 7 heteroatoms. The Morgan fingerprint density at radius 1 is 1.11 bits per heavy atom. The molecule has 1 heterocycles. The number of benzene rings is 2. The lowest BCUT2D eigenvalue weighted by Crippen LogP contribution is -2.42. The minimum Gasteiger partial charge on any atom is -0.489 e. The van der Waals surface area contributed by atoms with E-state index in [1.807, 2.05) is 30.3 Å². The molecule has 0 radical (unpaired) electrons. The van der Waals surface area contributed by atoms with Crippen LogP contribution in [0.25, 0.3) is 0 Å². The average molecular weight is 392 g/mol. The Hall–Kier alpha value is -2.54. The van der Waals surface area contributed by atoms with E-state index >= 15 is 0 Å². The Bertz CT molecular complexity index is 801. The molecule has 2 aromatic carbocycles. The summed E-state index contributed by atoms with van der Waals surface area (Å²) < 4.78 is 44.2. The number of carbonyl (C=O) groups excluding carboxylic acids is 1. The summed E-state index contributed by atoms with van der Waals surface area (Å²) in [5.74, 6) is -1.01. The number of nitrogens with zero attached hydrogens (tertiary/aromatic N) is 1. The molecule has 1 aliphatic heterocycles. The first-order valence-electron chi connectivity index (χ1n) is 9.24. The number of hydrogen-bond donors (Lipinski definition) is 1. The molecule has 4 nitrogen and oxygen atoms in total. The van der Waals surface area contributed by atoms with Crippen LogP contribution in [-0.4, -0.2) is 30.1 Å². The summed E-state index contributed by atoms with van der Waals surface area (Å²) in [4.78, 5) is 14.2. The van der Waals surface area contributed by atoms with Gasteiger partial charge >= 0.3 is 6.18 Å². The first kappa shape index (κ1) is 20.2. The van der Waals surface area contributed by atoms with Crippen LogP contribution in [0.5, 0.6) is 5.75 Å². The van der Waals surface area contributed by atoms with E-state index in [1.54, 1.807) is 18.2 Å². The van der Waals surface area contributed by atoms with Crippen molar-refractivity contribution in [3.05, 3.63) is 65.2 Å². The van der Waals surface area contributed by atoms with E-state index in [2.05, 4.69) is 0 Å². The molecule has 0 spiro atoms. The maximum absolute atomic E-state index is 12.8. The van der Waals surface area contributed by atoms with Crippen LogP contribution in [0.15, 0.2) is 48.5 Å². The number of carbonyl (C=O) groups is 1. The Labute approximate surface area is 162 Å².